The molecule has 2 aliphatic heterocycles. The van der Waals surface area contributed by atoms with Crippen LogP contribution in [0.5, 0.6) is 0 Å². The fourth-order valence-electron chi connectivity index (χ4n) is 6.38. The van der Waals surface area contributed by atoms with E-state index < -0.39 is 36.6 Å². The number of Topliss-reactive ketones (excluding diaryl/α,β-unsaturated/α-hetero) is 1. The van der Waals surface area contributed by atoms with Crippen molar-refractivity contribution < 1.29 is 33.2 Å². The van der Waals surface area contributed by atoms with Gasteiger partial charge in [0.25, 0.3) is 5.91 Å². The number of ketones is 1. The zero-order chi connectivity index (χ0) is 28.5. The molecule has 210 valence electrons. The van der Waals surface area contributed by atoms with Crippen LogP contribution in [0.25, 0.3) is 11.3 Å². The SMILES string of the molecule is CC(C)C[C@H](CC(=O)[C@@H](NC(=O)c1cccc(-c2ccccc2)n1)[C@@H](C)O)[B-]12OC[C@@H](C)[N+]1(C)[C@H](C)C(=O)O2. The van der Waals surface area contributed by atoms with Crippen LogP contribution in [-0.4, -0.2) is 76.7 Å². The molecule has 2 saturated heterocycles. The van der Waals surface area contributed by atoms with Crippen molar-refractivity contribution in [3.63, 3.8) is 0 Å². The zero-order valence-electron chi connectivity index (χ0n) is 23.7. The average molecular weight is 537 g/mol. The number of amides is 1. The number of aliphatic hydroxyl groups is 1. The number of benzene rings is 1. The molecule has 1 aromatic heterocycles. The zero-order valence-corrected chi connectivity index (χ0v) is 23.7. The summed E-state index contributed by atoms with van der Waals surface area (Å²) in [5, 5.41) is 13.3. The molecule has 0 bridgehead atoms. The third-order valence-corrected chi connectivity index (χ3v) is 8.76. The highest BCUT2D eigenvalue weighted by Gasteiger charge is 2.70. The number of nitrogens with one attached hydrogen (secondary N) is 1. The van der Waals surface area contributed by atoms with Crippen LogP contribution in [0.15, 0.2) is 48.5 Å². The Morgan fingerprint density at radius 2 is 1.82 bits per heavy atom. The first-order valence-corrected chi connectivity index (χ1v) is 13.8. The maximum Gasteiger partial charge on any atom is 0.531 e. The number of likely N-dealkylation sites (N-methyl/N-ethyl adjacent to an activating group) is 1. The molecule has 0 radical (unpaired) electrons. The molecule has 9 nitrogen and oxygen atoms in total. The fraction of sp³-hybridized carbons (Fsp3) is 0.517. The molecular weight excluding hydrogens is 497 g/mol. The molecule has 7 atom stereocenters. The van der Waals surface area contributed by atoms with Crippen molar-refractivity contribution in [2.24, 2.45) is 5.92 Å². The molecule has 2 N–H and O–H groups in total. The van der Waals surface area contributed by atoms with E-state index in [0.717, 1.165) is 5.56 Å². The number of aromatic nitrogens is 1. The lowest BCUT2D eigenvalue weighted by molar-refractivity contribution is -0.844. The Hall–Kier alpha value is -3.08. The van der Waals surface area contributed by atoms with Gasteiger partial charge in [0.1, 0.15) is 17.8 Å². The van der Waals surface area contributed by atoms with Crippen molar-refractivity contribution in [1.29, 1.82) is 0 Å². The van der Waals surface area contributed by atoms with Gasteiger partial charge in [-0.3, -0.25) is 9.59 Å². The molecule has 2 unspecified atom stereocenters. The molecule has 0 saturated carbocycles. The summed E-state index contributed by atoms with van der Waals surface area (Å²) in [5.74, 6) is -1.42. The van der Waals surface area contributed by atoms with Gasteiger partial charge in [-0.25, -0.2) is 9.78 Å². The Morgan fingerprint density at radius 1 is 1.13 bits per heavy atom. The average Bonchev–Trinajstić information content (AvgIpc) is 3.28. The van der Waals surface area contributed by atoms with Crippen LogP contribution in [0.2, 0.25) is 5.82 Å². The van der Waals surface area contributed by atoms with E-state index in [1.54, 1.807) is 12.1 Å². The maximum absolute atomic E-state index is 13.7. The minimum absolute atomic E-state index is 0.00787. The van der Waals surface area contributed by atoms with E-state index in [2.05, 4.69) is 10.3 Å². The highest BCUT2D eigenvalue weighted by molar-refractivity contribution is 6.65. The Kier molecular flexibility index (Phi) is 8.30. The number of aliphatic hydroxyl groups excluding tert-OH is 1. The van der Waals surface area contributed by atoms with Crippen molar-refractivity contribution in [2.75, 3.05) is 13.7 Å². The van der Waals surface area contributed by atoms with E-state index >= 15 is 0 Å². The Morgan fingerprint density at radius 3 is 2.46 bits per heavy atom. The predicted molar refractivity (Wildman–Crippen MR) is 148 cm³/mol. The third-order valence-electron chi connectivity index (χ3n) is 8.76. The van der Waals surface area contributed by atoms with Crippen molar-refractivity contribution in [3.05, 3.63) is 54.2 Å². The molecule has 2 fully saturated rings. The second-order valence-corrected chi connectivity index (χ2v) is 11.8. The van der Waals surface area contributed by atoms with Crippen LogP contribution in [-0.2, 0) is 18.9 Å². The van der Waals surface area contributed by atoms with Crippen LogP contribution in [0.3, 0.4) is 0 Å². The van der Waals surface area contributed by atoms with Crippen LogP contribution >= 0.6 is 0 Å². The first-order valence-electron chi connectivity index (χ1n) is 13.8. The number of quaternary nitrogens is 1. The molecule has 4 rings (SSSR count). The molecule has 3 heterocycles. The monoisotopic (exact) mass is 537 g/mol. The van der Waals surface area contributed by atoms with Crippen LogP contribution in [0.1, 0.15) is 57.9 Å². The van der Waals surface area contributed by atoms with Gasteiger partial charge in [0.05, 0.1) is 24.4 Å². The van der Waals surface area contributed by atoms with E-state index in [1.165, 1.54) is 6.92 Å². The van der Waals surface area contributed by atoms with E-state index in [-0.39, 0.29) is 35.8 Å². The summed E-state index contributed by atoms with van der Waals surface area (Å²) in [5.41, 5.74) is 1.64. The summed E-state index contributed by atoms with van der Waals surface area (Å²) in [6.45, 7) is 7.71. The van der Waals surface area contributed by atoms with E-state index in [4.69, 9.17) is 9.31 Å². The summed E-state index contributed by atoms with van der Waals surface area (Å²) < 4.78 is 12.6. The number of fused-ring (bicyclic) bond motifs is 1. The van der Waals surface area contributed by atoms with Crippen molar-refractivity contribution in [1.82, 2.24) is 10.3 Å². The third kappa shape index (κ3) is 5.25. The lowest BCUT2D eigenvalue weighted by Gasteiger charge is -2.51. The number of hydrogen-bond acceptors (Lipinski definition) is 7. The number of carbonyl (C=O) groups excluding carboxylic acids is 3. The summed E-state index contributed by atoms with van der Waals surface area (Å²) in [7, 11) is 1.98. The molecule has 39 heavy (non-hydrogen) atoms. The molecule has 1 amide bonds. The first-order chi connectivity index (χ1) is 18.4. The van der Waals surface area contributed by atoms with Gasteiger partial charge in [-0.2, -0.15) is 0 Å². The molecule has 0 spiro atoms. The van der Waals surface area contributed by atoms with Gasteiger partial charge >= 0.3 is 12.7 Å². The molecule has 0 aliphatic carbocycles. The Labute approximate surface area is 230 Å². The van der Waals surface area contributed by atoms with E-state index in [9.17, 15) is 19.5 Å². The van der Waals surface area contributed by atoms with E-state index in [1.807, 2.05) is 71.1 Å². The van der Waals surface area contributed by atoms with Crippen molar-refractivity contribution in [3.8, 4) is 11.3 Å². The fourth-order valence-corrected chi connectivity index (χ4v) is 6.38. The van der Waals surface area contributed by atoms with Gasteiger partial charge in [0.15, 0.2) is 5.78 Å². The van der Waals surface area contributed by atoms with Gasteiger partial charge < -0.3 is 24.1 Å². The smallest absolute Gasteiger partial charge is 0.531 e. The summed E-state index contributed by atoms with van der Waals surface area (Å²) >= 11 is 0. The summed E-state index contributed by atoms with van der Waals surface area (Å²) in [6.07, 6.45) is -0.558. The second kappa shape index (κ2) is 11.2. The number of pyridine rings is 1. The van der Waals surface area contributed by atoms with Crippen molar-refractivity contribution in [2.45, 2.75) is 77.5 Å². The number of carbonyl (C=O) groups is 3. The standard InChI is InChI=1S/C29H40BN3O6/c1-18(2)15-23(30-33(6,19(3)17-38-30)20(4)29(37)39-30)16-26(35)27(21(5)34)32-28(36)25-14-10-13-24(31-25)22-11-8-7-9-12-22/h7-14,18-21,23,27,34H,15-17H2,1-6H3,(H,32,36)/t19-,20-,21-,23-,27+,30?,33?/m1/s1. The van der Waals surface area contributed by atoms with Gasteiger partial charge in [-0.1, -0.05) is 56.7 Å². The topological polar surface area (TPSA) is 115 Å². The first kappa shape index (κ1) is 28.9. The lowest BCUT2D eigenvalue weighted by Crippen LogP contribution is -2.68. The lowest BCUT2D eigenvalue weighted by atomic mass is 9.51. The maximum atomic E-state index is 13.7. The minimum atomic E-state index is -2.17. The molecule has 2 aliphatic rings. The summed E-state index contributed by atoms with van der Waals surface area (Å²) in [6, 6.07) is 13.0. The number of rotatable bonds is 10. The van der Waals surface area contributed by atoms with Gasteiger partial charge in [-0.05, 0) is 51.1 Å². The number of hydrogen-bond donors (Lipinski definition) is 2. The molecular formula is C29H40BN3O6. The molecule has 10 heteroatoms. The predicted octanol–water partition coefficient (Wildman–Crippen LogP) is 3.35. The number of nitrogens with zero attached hydrogens (tertiary/aromatic N) is 2. The van der Waals surface area contributed by atoms with E-state index in [0.29, 0.717) is 23.1 Å². The Bertz CT molecular complexity index is 1220. The quantitative estimate of drug-likeness (QED) is 0.447. The molecule has 2 aromatic rings. The van der Waals surface area contributed by atoms with Crippen molar-refractivity contribution >= 4 is 24.3 Å². The van der Waals surface area contributed by atoms with Gasteiger partial charge in [-0.15, -0.1) is 0 Å². The highest BCUT2D eigenvalue weighted by atomic mass is 16.7. The molecule has 1 aromatic carbocycles. The second-order valence-electron chi connectivity index (χ2n) is 11.8. The van der Waals surface area contributed by atoms with Crippen LogP contribution < -0.4 is 5.32 Å². The largest absolute Gasteiger partial charge is 0.610 e. The van der Waals surface area contributed by atoms with Gasteiger partial charge in [0.2, 0.25) is 0 Å². The van der Waals surface area contributed by atoms with Crippen LogP contribution in [0.4, 0.5) is 0 Å². The normalized spacial score (nSPS) is 28.5. The van der Waals surface area contributed by atoms with Crippen LogP contribution in [0, 0.1) is 5.92 Å². The highest BCUT2D eigenvalue weighted by Crippen LogP contribution is 2.50. The van der Waals surface area contributed by atoms with Gasteiger partial charge in [0, 0.05) is 12.6 Å². The Balaban J connectivity index is 1.57. The summed E-state index contributed by atoms with van der Waals surface area (Å²) in [4.78, 5) is 44.2. The minimum Gasteiger partial charge on any atom is -0.610 e.